The van der Waals surface area contributed by atoms with Gasteiger partial charge in [0, 0.05) is 17.0 Å². The lowest BCUT2D eigenvalue weighted by Gasteiger charge is -2.17. The van der Waals surface area contributed by atoms with Gasteiger partial charge in [-0.2, -0.15) is 0 Å². The molecule has 3 rings (SSSR count). The standard InChI is InChI=1S/C21H18Cl3N3O6/c1-32-17-5-3-13(22)8-16(17)25-18(28)10-33-21(31)12-7-19(29)27(9-12)26-20(30)11-2-4-14(23)15(24)6-11/h2-6,8,12H,7,9-10H2,1H3,(H,25,28)(H,26,30)/t12-/m1/s1. The maximum atomic E-state index is 12.4. The van der Waals surface area contributed by atoms with Gasteiger partial charge in [-0.05, 0) is 36.4 Å². The first kappa shape index (κ1) is 24.6. The summed E-state index contributed by atoms with van der Waals surface area (Å²) in [5.41, 5.74) is 2.93. The molecule has 1 saturated heterocycles. The minimum absolute atomic E-state index is 0.103. The zero-order chi connectivity index (χ0) is 24.1. The van der Waals surface area contributed by atoms with Crippen molar-refractivity contribution < 1.29 is 28.7 Å². The average molecular weight is 515 g/mol. The smallest absolute Gasteiger partial charge is 0.311 e. The highest BCUT2D eigenvalue weighted by Crippen LogP contribution is 2.27. The highest BCUT2D eigenvalue weighted by Gasteiger charge is 2.36. The fraction of sp³-hybridized carbons (Fsp3) is 0.238. The van der Waals surface area contributed by atoms with Crippen molar-refractivity contribution in [2.24, 2.45) is 5.92 Å². The van der Waals surface area contributed by atoms with Crippen LogP contribution in [0.15, 0.2) is 36.4 Å². The zero-order valence-electron chi connectivity index (χ0n) is 17.2. The van der Waals surface area contributed by atoms with Crippen LogP contribution in [-0.4, -0.2) is 49.0 Å². The van der Waals surface area contributed by atoms with E-state index in [0.29, 0.717) is 16.5 Å². The molecule has 2 aromatic carbocycles. The van der Waals surface area contributed by atoms with E-state index in [2.05, 4.69) is 10.7 Å². The van der Waals surface area contributed by atoms with Gasteiger partial charge in [0.1, 0.15) is 5.75 Å². The average Bonchev–Trinajstić information content (AvgIpc) is 3.14. The second-order valence-electron chi connectivity index (χ2n) is 6.98. The number of hydrogen-bond acceptors (Lipinski definition) is 6. The number of carbonyl (C=O) groups is 4. The van der Waals surface area contributed by atoms with Gasteiger partial charge in [0.05, 0.1) is 35.3 Å². The van der Waals surface area contributed by atoms with E-state index < -0.39 is 36.2 Å². The lowest BCUT2D eigenvalue weighted by Crippen LogP contribution is -2.43. The number of halogens is 3. The van der Waals surface area contributed by atoms with Gasteiger partial charge in [0.25, 0.3) is 11.8 Å². The maximum Gasteiger partial charge on any atom is 0.311 e. The monoisotopic (exact) mass is 513 g/mol. The summed E-state index contributed by atoms with van der Waals surface area (Å²) in [4.78, 5) is 49.1. The molecule has 174 valence electrons. The largest absolute Gasteiger partial charge is 0.495 e. The number of hydrogen-bond donors (Lipinski definition) is 2. The van der Waals surface area contributed by atoms with Crippen LogP contribution in [0.5, 0.6) is 5.75 Å². The summed E-state index contributed by atoms with van der Waals surface area (Å²) in [7, 11) is 1.43. The van der Waals surface area contributed by atoms with Crippen LogP contribution in [0.1, 0.15) is 16.8 Å². The molecule has 2 aromatic rings. The number of rotatable bonds is 7. The van der Waals surface area contributed by atoms with Crippen LogP contribution < -0.4 is 15.5 Å². The molecule has 3 amide bonds. The molecule has 1 heterocycles. The summed E-state index contributed by atoms with van der Waals surface area (Å²) < 4.78 is 10.2. The Labute approximate surface area is 203 Å². The van der Waals surface area contributed by atoms with Crippen LogP contribution >= 0.6 is 34.8 Å². The Balaban J connectivity index is 1.51. The number of carbonyl (C=O) groups excluding carboxylic acids is 4. The van der Waals surface area contributed by atoms with Crippen LogP contribution in [0.25, 0.3) is 0 Å². The van der Waals surface area contributed by atoms with Crippen molar-refractivity contribution in [3.8, 4) is 5.75 Å². The number of nitrogens with one attached hydrogen (secondary N) is 2. The quantitative estimate of drug-likeness (QED) is 0.548. The minimum Gasteiger partial charge on any atom is -0.495 e. The summed E-state index contributed by atoms with van der Waals surface area (Å²) in [6.07, 6.45) is -0.176. The fourth-order valence-electron chi connectivity index (χ4n) is 3.02. The Bertz CT molecular complexity index is 1110. The van der Waals surface area contributed by atoms with E-state index in [1.807, 2.05) is 0 Å². The van der Waals surface area contributed by atoms with Gasteiger partial charge in [0.2, 0.25) is 5.91 Å². The molecular formula is C21H18Cl3N3O6. The molecule has 2 N–H and O–H groups in total. The number of anilines is 1. The third-order valence-corrected chi connectivity index (χ3v) is 5.63. The van der Waals surface area contributed by atoms with E-state index in [4.69, 9.17) is 44.3 Å². The van der Waals surface area contributed by atoms with Crippen LogP contribution in [0, 0.1) is 5.92 Å². The van der Waals surface area contributed by atoms with Gasteiger partial charge < -0.3 is 14.8 Å². The number of amides is 3. The van der Waals surface area contributed by atoms with E-state index in [9.17, 15) is 19.2 Å². The van der Waals surface area contributed by atoms with Crippen LogP contribution in [0.4, 0.5) is 5.69 Å². The lowest BCUT2D eigenvalue weighted by atomic mass is 10.1. The van der Waals surface area contributed by atoms with E-state index in [1.54, 1.807) is 12.1 Å². The molecule has 33 heavy (non-hydrogen) atoms. The predicted octanol–water partition coefficient (Wildman–Crippen LogP) is 3.33. The normalized spacial score (nSPS) is 15.2. The Morgan fingerprint density at radius 2 is 1.85 bits per heavy atom. The van der Waals surface area contributed by atoms with E-state index in [-0.39, 0.29) is 28.6 Å². The highest BCUT2D eigenvalue weighted by molar-refractivity contribution is 6.42. The second-order valence-corrected chi connectivity index (χ2v) is 8.23. The first-order valence-electron chi connectivity index (χ1n) is 9.54. The van der Waals surface area contributed by atoms with Crippen molar-refractivity contribution in [3.05, 3.63) is 57.0 Å². The number of ether oxygens (including phenoxy) is 2. The molecule has 9 nitrogen and oxygen atoms in total. The molecule has 0 saturated carbocycles. The number of benzene rings is 2. The number of esters is 1. The molecule has 12 heteroatoms. The first-order valence-corrected chi connectivity index (χ1v) is 10.7. The predicted molar refractivity (Wildman–Crippen MR) is 121 cm³/mol. The summed E-state index contributed by atoms with van der Waals surface area (Å²) in [6.45, 7) is -0.677. The topological polar surface area (TPSA) is 114 Å². The van der Waals surface area contributed by atoms with Crippen molar-refractivity contribution in [1.82, 2.24) is 10.4 Å². The van der Waals surface area contributed by atoms with Gasteiger partial charge in [-0.25, -0.2) is 0 Å². The van der Waals surface area contributed by atoms with Crippen LogP contribution in [0.3, 0.4) is 0 Å². The molecule has 0 unspecified atom stereocenters. The summed E-state index contributed by atoms with van der Waals surface area (Å²) in [5.74, 6) is -2.89. The van der Waals surface area contributed by atoms with Crippen LogP contribution in [0.2, 0.25) is 15.1 Å². The number of methoxy groups -OCH3 is 1. The van der Waals surface area contributed by atoms with Gasteiger partial charge in [-0.1, -0.05) is 34.8 Å². The van der Waals surface area contributed by atoms with Gasteiger partial charge in [0.15, 0.2) is 6.61 Å². The molecule has 0 bridgehead atoms. The molecule has 0 spiro atoms. The number of nitrogens with zero attached hydrogens (tertiary/aromatic N) is 1. The van der Waals surface area contributed by atoms with Gasteiger partial charge in [-0.3, -0.25) is 29.6 Å². The van der Waals surface area contributed by atoms with E-state index in [0.717, 1.165) is 5.01 Å². The van der Waals surface area contributed by atoms with Gasteiger partial charge in [-0.15, -0.1) is 0 Å². The van der Waals surface area contributed by atoms with Crippen molar-refractivity contribution in [1.29, 1.82) is 0 Å². The maximum absolute atomic E-state index is 12.4. The van der Waals surface area contributed by atoms with E-state index in [1.165, 1.54) is 31.4 Å². The fourth-order valence-corrected chi connectivity index (χ4v) is 3.49. The summed E-state index contributed by atoms with van der Waals surface area (Å²) >= 11 is 17.7. The third kappa shape index (κ3) is 6.28. The molecule has 0 aromatic heterocycles. The van der Waals surface area contributed by atoms with Crippen molar-refractivity contribution in [2.75, 3.05) is 25.6 Å². The first-order chi connectivity index (χ1) is 15.7. The molecule has 1 atom stereocenters. The molecule has 0 aliphatic carbocycles. The second kappa shape index (κ2) is 10.7. The number of hydrazine groups is 1. The Morgan fingerprint density at radius 3 is 2.55 bits per heavy atom. The molecule has 0 radical (unpaired) electrons. The zero-order valence-corrected chi connectivity index (χ0v) is 19.5. The lowest BCUT2D eigenvalue weighted by molar-refractivity contribution is -0.151. The third-order valence-electron chi connectivity index (χ3n) is 4.66. The van der Waals surface area contributed by atoms with Crippen LogP contribution in [-0.2, 0) is 19.1 Å². The van der Waals surface area contributed by atoms with E-state index >= 15 is 0 Å². The van der Waals surface area contributed by atoms with Crippen molar-refractivity contribution in [2.45, 2.75) is 6.42 Å². The SMILES string of the molecule is COc1ccc(Cl)cc1NC(=O)COC(=O)[C@@H]1CC(=O)N(NC(=O)c2ccc(Cl)c(Cl)c2)C1. The summed E-state index contributed by atoms with van der Waals surface area (Å²) in [6, 6.07) is 8.93. The van der Waals surface area contributed by atoms with Gasteiger partial charge >= 0.3 is 5.97 Å². The van der Waals surface area contributed by atoms with Crippen molar-refractivity contribution >= 4 is 64.2 Å². The highest BCUT2D eigenvalue weighted by atomic mass is 35.5. The summed E-state index contributed by atoms with van der Waals surface area (Å²) in [5, 5.41) is 4.42. The van der Waals surface area contributed by atoms with Crippen molar-refractivity contribution in [3.63, 3.8) is 0 Å². The Hall–Kier alpha value is -3.01. The molecule has 1 aliphatic rings. The minimum atomic E-state index is -0.847. The molecule has 1 fully saturated rings. The Kier molecular flexibility index (Phi) is 8.01. The molecule has 1 aliphatic heterocycles. The molecular weight excluding hydrogens is 497 g/mol. The Morgan fingerprint density at radius 1 is 1.09 bits per heavy atom.